The fourth-order valence-corrected chi connectivity index (χ4v) is 4.96. The molecule has 2 aromatic rings. The summed E-state index contributed by atoms with van der Waals surface area (Å²) in [6.45, 7) is 7.12. The van der Waals surface area contributed by atoms with Crippen LogP contribution < -0.4 is 10.1 Å². The molecule has 2 heterocycles. The highest BCUT2D eigenvalue weighted by atomic mass is 19.1. The summed E-state index contributed by atoms with van der Waals surface area (Å²) in [6.07, 6.45) is 5.71. The molecule has 0 spiro atoms. The molecule has 0 unspecified atom stereocenters. The molecule has 2 fully saturated rings. The molecule has 1 saturated carbocycles. The van der Waals surface area contributed by atoms with E-state index >= 15 is 0 Å². The predicted molar refractivity (Wildman–Crippen MR) is 127 cm³/mol. The third-order valence-electron chi connectivity index (χ3n) is 6.47. The number of benzene rings is 1. The Hall–Kier alpha value is -3.25. The Morgan fingerprint density at radius 1 is 1.20 bits per heavy atom. The van der Waals surface area contributed by atoms with Crippen molar-refractivity contribution in [1.82, 2.24) is 20.2 Å². The number of hydrogen-bond acceptors (Lipinski definition) is 7. The standard InChI is InChI=1S/C26H32FN5O3/c1-26(2,3)35-25(33)31-21-5-4-10-32(16-21)22-11-19(18-6-8-20(27)9-7-18)12-23(22)34-24-29-14-17(13-28)15-30-24/h6-9,14-15,19,21-23H,4-5,10-12,16H2,1-3H3,(H,31,33)/t19-,21-,22+,23+/m1/s1. The summed E-state index contributed by atoms with van der Waals surface area (Å²) in [4.78, 5) is 23.1. The van der Waals surface area contributed by atoms with Crippen molar-refractivity contribution in [3.05, 3.63) is 53.6 Å². The third kappa shape index (κ3) is 6.67. The van der Waals surface area contributed by atoms with Crippen LogP contribution in [0.1, 0.15) is 63.5 Å². The van der Waals surface area contributed by atoms with Crippen molar-refractivity contribution in [2.24, 2.45) is 0 Å². The summed E-state index contributed by atoms with van der Waals surface area (Å²) in [5.74, 6) is -0.0580. The first-order chi connectivity index (χ1) is 16.7. The molecule has 4 rings (SSSR count). The van der Waals surface area contributed by atoms with Crippen LogP contribution in [-0.4, -0.2) is 57.8 Å². The van der Waals surface area contributed by atoms with Gasteiger partial charge in [-0.25, -0.2) is 19.2 Å². The lowest BCUT2D eigenvalue weighted by Gasteiger charge is -2.39. The predicted octanol–water partition coefficient (Wildman–Crippen LogP) is 4.17. The molecule has 1 aromatic heterocycles. The molecule has 1 saturated heterocycles. The lowest BCUT2D eigenvalue weighted by atomic mass is 9.97. The highest BCUT2D eigenvalue weighted by Crippen LogP contribution is 2.39. The molecule has 8 nitrogen and oxygen atoms in total. The van der Waals surface area contributed by atoms with Gasteiger partial charge in [0.25, 0.3) is 0 Å². The van der Waals surface area contributed by atoms with E-state index in [4.69, 9.17) is 14.7 Å². The van der Waals surface area contributed by atoms with E-state index in [2.05, 4.69) is 20.2 Å². The summed E-state index contributed by atoms with van der Waals surface area (Å²) in [5, 5.41) is 12.0. The molecule has 186 valence electrons. The maximum atomic E-state index is 13.5. The zero-order valence-electron chi connectivity index (χ0n) is 20.4. The SMILES string of the molecule is CC(C)(C)OC(=O)N[C@@H]1CCCN([C@H]2C[C@@H](c3ccc(F)cc3)C[C@@H]2Oc2ncc(C#N)cn2)C1. The Morgan fingerprint density at radius 2 is 1.91 bits per heavy atom. The fraction of sp³-hybridized carbons (Fsp3) is 0.538. The monoisotopic (exact) mass is 481 g/mol. The molecule has 1 aromatic carbocycles. The maximum Gasteiger partial charge on any atom is 0.407 e. The van der Waals surface area contributed by atoms with Gasteiger partial charge < -0.3 is 14.8 Å². The van der Waals surface area contributed by atoms with Crippen LogP contribution >= 0.6 is 0 Å². The van der Waals surface area contributed by atoms with Gasteiger partial charge in [0.15, 0.2) is 0 Å². The van der Waals surface area contributed by atoms with Gasteiger partial charge in [0.1, 0.15) is 23.6 Å². The number of halogens is 1. The van der Waals surface area contributed by atoms with Crippen molar-refractivity contribution < 1.29 is 18.7 Å². The first-order valence-corrected chi connectivity index (χ1v) is 12.1. The average molecular weight is 482 g/mol. The van der Waals surface area contributed by atoms with E-state index in [1.54, 1.807) is 0 Å². The number of likely N-dealkylation sites (tertiary alicyclic amines) is 1. The van der Waals surface area contributed by atoms with Gasteiger partial charge in [-0.15, -0.1) is 0 Å². The van der Waals surface area contributed by atoms with Gasteiger partial charge in [-0.05, 0) is 76.6 Å². The van der Waals surface area contributed by atoms with Crippen LogP contribution in [0.2, 0.25) is 0 Å². The third-order valence-corrected chi connectivity index (χ3v) is 6.47. The smallest absolute Gasteiger partial charge is 0.407 e. The number of carbonyl (C=O) groups is 1. The van der Waals surface area contributed by atoms with Crippen LogP contribution in [0.25, 0.3) is 0 Å². The Labute approximate surface area is 205 Å². The number of aromatic nitrogens is 2. The number of piperidine rings is 1. The maximum absolute atomic E-state index is 13.5. The molecule has 0 radical (unpaired) electrons. The number of alkyl carbamates (subject to hydrolysis) is 1. The average Bonchev–Trinajstić information content (AvgIpc) is 3.22. The van der Waals surface area contributed by atoms with Crippen molar-refractivity contribution in [3.8, 4) is 12.1 Å². The molecule has 1 N–H and O–H groups in total. The minimum atomic E-state index is -0.549. The van der Waals surface area contributed by atoms with Gasteiger partial charge in [-0.2, -0.15) is 5.26 Å². The zero-order chi connectivity index (χ0) is 25.0. The Kier molecular flexibility index (Phi) is 7.51. The van der Waals surface area contributed by atoms with Crippen LogP contribution in [0.3, 0.4) is 0 Å². The van der Waals surface area contributed by atoms with Crippen molar-refractivity contribution in [3.63, 3.8) is 0 Å². The van der Waals surface area contributed by atoms with Crippen LogP contribution in [-0.2, 0) is 4.74 Å². The number of amides is 1. The molecule has 9 heteroatoms. The summed E-state index contributed by atoms with van der Waals surface area (Å²) in [5.41, 5.74) is 0.895. The van der Waals surface area contributed by atoms with Crippen LogP contribution in [0.5, 0.6) is 6.01 Å². The van der Waals surface area contributed by atoms with E-state index in [9.17, 15) is 9.18 Å². The van der Waals surface area contributed by atoms with E-state index in [1.165, 1.54) is 24.5 Å². The quantitative estimate of drug-likeness (QED) is 0.684. The first-order valence-electron chi connectivity index (χ1n) is 12.1. The molecule has 1 amide bonds. The first kappa shape index (κ1) is 24.9. The van der Waals surface area contributed by atoms with Crippen LogP contribution in [0.4, 0.5) is 9.18 Å². The number of ether oxygens (including phenoxy) is 2. The number of rotatable bonds is 5. The molecular formula is C26H32FN5O3. The van der Waals surface area contributed by atoms with Gasteiger partial charge in [0, 0.05) is 18.6 Å². The molecule has 2 aliphatic rings. The van der Waals surface area contributed by atoms with Gasteiger partial charge in [0.05, 0.1) is 18.0 Å². The summed E-state index contributed by atoms with van der Waals surface area (Å²) in [6, 6.07) is 8.95. The van der Waals surface area contributed by atoms with Crippen molar-refractivity contribution in [2.75, 3.05) is 13.1 Å². The Bertz CT molecular complexity index is 1050. The zero-order valence-corrected chi connectivity index (χ0v) is 20.4. The molecule has 35 heavy (non-hydrogen) atoms. The van der Waals surface area contributed by atoms with Gasteiger partial charge in [-0.1, -0.05) is 12.1 Å². The number of nitrogens with one attached hydrogen (secondary N) is 1. The molecule has 1 aliphatic carbocycles. The lowest BCUT2D eigenvalue weighted by molar-refractivity contribution is 0.0377. The normalized spacial score (nSPS) is 25.0. The molecule has 4 atom stereocenters. The van der Waals surface area contributed by atoms with Crippen molar-refractivity contribution in [2.45, 2.75) is 76.2 Å². The lowest BCUT2D eigenvalue weighted by Crippen LogP contribution is -2.54. The van der Waals surface area contributed by atoms with Crippen molar-refractivity contribution >= 4 is 6.09 Å². The van der Waals surface area contributed by atoms with Gasteiger partial charge in [0.2, 0.25) is 0 Å². The van der Waals surface area contributed by atoms with E-state index < -0.39 is 11.7 Å². The molecule has 1 aliphatic heterocycles. The van der Waals surface area contributed by atoms with E-state index in [1.807, 2.05) is 39.0 Å². The summed E-state index contributed by atoms with van der Waals surface area (Å²) in [7, 11) is 0. The second kappa shape index (κ2) is 10.6. The van der Waals surface area contributed by atoms with Gasteiger partial charge in [-0.3, -0.25) is 4.90 Å². The van der Waals surface area contributed by atoms with E-state index in [-0.39, 0.29) is 35.9 Å². The summed E-state index contributed by atoms with van der Waals surface area (Å²) < 4.78 is 25.2. The van der Waals surface area contributed by atoms with E-state index in [0.717, 1.165) is 37.8 Å². The van der Waals surface area contributed by atoms with Gasteiger partial charge >= 0.3 is 12.1 Å². The number of nitriles is 1. The fourth-order valence-electron chi connectivity index (χ4n) is 4.96. The Morgan fingerprint density at radius 3 is 2.57 bits per heavy atom. The number of nitrogens with zero attached hydrogens (tertiary/aromatic N) is 4. The van der Waals surface area contributed by atoms with Crippen molar-refractivity contribution in [1.29, 1.82) is 5.26 Å². The van der Waals surface area contributed by atoms with Crippen LogP contribution in [0.15, 0.2) is 36.7 Å². The topological polar surface area (TPSA) is 100 Å². The molecule has 0 bridgehead atoms. The van der Waals surface area contributed by atoms with E-state index in [0.29, 0.717) is 12.1 Å². The van der Waals surface area contributed by atoms with Crippen LogP contribution in [0, 0.1) is 17.1 Å². The second-order valence-corrected chi connectivity index (χ2v) is 10.3. The molecular weight excluding hydrogens is 449 g/mol. The second-order valence-electron chi connectivity index (χ2n) is 10.3. The highest BCUT2D eigenvalue weighted by Gasteiger charge is 2.42. The largest absolute Gasteiger partial charge is 0.458 e. The minimum Gasteiger partial charge on any atom is -0.458 e. The Balaban J connectivity index is 1.48. The minimum absolute atomic E-state index is 0.0183. The number of hydrogen-bond donors (Lipinski definition) is 1. The summed E-state index contributed by atoms with van der Waals surface area (Å²) >= 11 is 0. The number of carbonyl (C=O) groups excluding carboxylic acids is 1. The highest BCUT2D eigenvalue weighted by molar-refractivity contribution is 5.68.